The van der Waals surface area contributed by atoms with Gasteiger partial charge in [-0.3, -0.25) is 4.79 Å². The maximum Gasteiger partial charge on any atom is 0.303 e. The quantitative estimate of drug-likeness (QED) is 0.664. The van der Waals surface area contributed by atoms with E-state index in [0.29, 0.717) is 6.42 Å². The Balaban J connectivity index is 2.82. The van der Waals surface area contributed by atoms with Gasteiger partial charge >= 0.3 is 5.97 Å². The zero-order chi connectivity index (χ0) is 16.0. The molecule has 3 N–H and O–H groups in total. The summed E-state index contributed by atoms with van der Waals surface area (Å²) in [6, 6.07) is 5.53. The number of aliphatic hydroxyl groups is 1. The minimum Gasteiger partial charge on any atom is -0.481 e. The lowest BCUT2D eigenvalue weighted by Crippen LogP contribution is -2.41. The Morgan fingerprint density at radius 2 is 1.81 bits per heavy atom. The summed E-state index contributed by atoms with van der Waals surface area (Å²) >= 11 is 0. The number of benzene rings is 1. The van der Waals surface area contributed by atoms with Gasteiger partial charge in [-0.1, -0.05) is 26.0 Å². The number of hydrogen-bond donors (Lipinski definition) is 3. The van der Waals surface area contributed by atoms with Crippen LogP contribution in [0.2, 0.25) is 0 Å². The van der Waals surface area contributed by atoms with E-state index in [2.05, 4.69) is 4.72 Å². The summed E-state index contributed by atoms with van der Waals surface area (Å²) in [6.07, 6.45) is 0.360. The Morgan fingerprint density at radius 3 is 2.24 bits per heavy atom. The van der Waals surface area contributed by atoms with Crippen LogP contribution in [0.25, 0.3) is 0 Å². The van der Waals surface area contributed by atoms with E-state index in [0.717, 1.165) is 5.56 Å². The molecular formula is C14H21NO5S. The van der Waals surface area contributed by atoms with E-state index < -0.39 is 22.0 Å². The predicted molar refractivity (Wildman–Crippen MR) is 78.4 cm³/mol. The van der Waals surface area contributed by atoms with Crippen molar-refractivity contribution in [3.63, 3.8) is 0 Å². The average Bonchev–Trinajstić information content (AvgIpc) is 2.42. The number of aliphatic hydroxyl groups excluding tert-OH is 1. The van der Waals surface area contributed by atoms with Crippen molar-refractivity contribution in [3.8, 4) is 0 Å². The largest absolute Gasteiger partial charge is 0.481 e. The third kappa shape index (κ3) is 5.45. The first-order valence-electron chi connectivity index (χ1n) is 6.70. The summed E-state index contributed by atoms with van der Waals surface area (Å²) in [5.74, 6) is -0.921. The molecule has 0 aromatic heterocycles. The minimum absolute atomic E-state index is 0.00425. The van der Waals surface area contributed by atoms with E-state index in [1.165, 1.54) is 12.1 Å². The van der Waals surface area contributed by atoms with Crippen LogP contribution in [-0.4, -0.2) is 37.2 Å². The Morgan fingerprint density at radius 1 is 1.24 bits per heavy atom. The van der Waals surface area contributed by atoms with Crippen molar-refractivity contribution in [2.75, 3.05) is 6.61 Å². The third-order valence-corrected chi connectivity index (χ3v) is 4.67. The number of aryl methyl sites for hydroxylation is 1. The number of hydrogen-bond acceptors (Lipinski definition) is 4. The Hall–Kier alpha value is -1.44. The number of carboxylic acids is 1. The molecule has 1 atom stereocenters. The van der Waals surface area contributed by atoms with Crippen LogP contribution in [0.3, 0.4) is 0 Å². The molecule has 7 heteroatoms. The van der Waals surface area contributed by atoms with Crippen LogP contribution >= 0.6 is 0 Å². The van der Waals surface area contributed by atoms with Crippen LogP contribution in [0, 0.1) is 5.92 Å². The van der Waals surface area contributed by atoms with Crippen LogP contribution < -0.4 is 4.72 Å². The molecule has 0 amide bonds. The van der Waals surface area contributed by atoms with Crippen molar-refractivity contribution >= 4 is 16.0 Å². The Kier molecular flexibility index (Phi) is 6.32. The number of rotatable bonds is 8. The van der Waals surface area contributed by atoms with Gasteiger partial charge in [0.1, 0.15) is 0 Å². The fourth-order valence-corrected chi connectivity index (χ4v) is 3.11. The number of nitrogens with one attached hydrogen (secondary N) is 1. The van der Waals surface area contributed by atoms with Crippen molar-refractivity contribution < 1.29 is 23.4 Å². The predicted octanol–water partition coefficient (Wildman–Crippen LogP) is 0.999. The average molecular weight is 315 g/mol. The monoisotopic (exact) mass is 315 g/mol. The van der Waals surface area contributed by atoms with Gasteiger partial charge in [-0.25, -0.2) is 13.1 Å². The highest BCUT2D eigenvalue weighted by Gasteiger charge is 2.21. The lowest BCUT2D eigenvalue weighted by atomic mass is 10.1. The number of sulfonamides is 1. The zero-order valence-electron chi connectivity index (χ0n) is 12.1. The standard InChI is InChI=1S/C14H21NO5S/c1-10(2)13(9-16)15-21(19,20)12-6-3-11(4-7-12)5-8-14(17)18/h3-4,6-7,10,13,15-16H,5,8-9H2,1-2H3,(H,17,18). The van der Waals surface area contributed by atoms with Gasteiger partial charge in [0, 0.05) is 12.5 Å². The highest BCUT2D eigenvalue weighted by molar-refractivity contribution is 7.89. The molecule has 0 aliphatic heterocycles. The van der Waals surface area contributed by atoms with E-state index in [1.807, 2.05) is 13.8 Å². The summed E-state index contributed by atoms with van der Waals surface area (Å²) < 4.78 is 26.8. The molecule has 0 fully saturated rings. The maximum absolute atomic E-state index is 12.2. The molecule has 0 saturated carbocycles. The summed E-state index contributed by atoms with van der Waals surface area (Å²) in [4.78, 5) is 10.6. The second-order valence-electron chi connectivity index (χ2n) is 5.19. The number of carbonyl (C=O) groups is 1. The molecule has 0 heterocycles. The molecule has 1 rings (SSSR count). The van der Waals surface area contributed by atoms with Crippen LogP contribution in [-0.2, 0) is 21.2 Å². The van der Waals surface area contributed by atoms with Crippen molar-refractivity contribution in [2.24, 2.45) is 5.92 Å². The van der Waals surface area contributed by atoms with Gasteiger partial charge in [0.2, 0.25) is 10.0 Å². The zero-order valence-corrected chi connectivity index (χ0v) is 12.9. The molecule has 0 aliphatic rings. The summed E-state index contributed by atoms with van der Waals surface area (Å²) in [7, 11) is -3.69. The van der Waals surface area contributed by atoms with E-state index in [4.69, 9.17) is 5.11 Å². The molecule has 1 aromatic carbocycles. The molecule has 21 heavy (non-hydrogen) atoms. The molecular weight excluding hydrogens is 294 g/mol. The number of aliphatic carboxylic acids is 1. The fraction of sp³-hybridized carbons (Fsp3) is 0.500. The normalized spacial score (nSPS) is 13.3. The molecule has 0 spiro atoms. The Labute approximate surface area is 124 Å². The van der Waals surface area contributed by atoms with Gasteiger partial charge in [0.15, 0.2) is 0 Å². The molecule has 118 valence electrons. The molecule has 1 unspecified atom stereocenters. The molecule has 0 aliphatic carbocycles. The topological polar surface area (TPSA) is 104 Å². The minimum atomic E-state index is -3.69. The molecule has 1 aromatic rings. The van der Waals surface area contributed by atoms with Gasteiger partial charge in [-0.15, -0.1) is 0 Å². The smallest absolute Gasteiger partial charge is 0.303 e. The lowest BCUT2D eigenvalue weighted by molar-refractivity contribution is -0.136. The van der Waals surface area contributed by atoms with Gasteiger partial charge < -0.3 is 10.2 Å². The highest BCUT2D eigenvalue weighted by Crippen LogP contribution is 2.14. The molecule has 6 nitrogen and oxygen atoms in total. The summed E-state index contributed by atoms with van der Waals surface area (Å²) in [5, 5.41) is 17.8. The summed E-state index contributed by atoms with van der Waals surface area (Å²) in [5.41, 5.74) is 0.763. The lowest BCUT2D eigenvalue weighted by Gasteiger charge is -2.19. The first-order chi connectivity index (χ1) is 9.76. The van der Waals surface area contributed by atoms with E-state index >= 15 is 0 Å². The first-order valence-corrected chi connectivity index (χ1v) is 8.18. The van der Waals surface area contributed by atoms with Gasteiger partial charge in [0.05, 0.1) is 11.5 Å². The van der Waals surface area contributed by atoms with Gasteiger partial charge in [0.25, 0.3) is 0 Å². The van der Waals surface area contributed by atoms with Crippen molar-refractivity contribution in [2.45, 2.75) is 37.6 Å². The van der Waals surface area contributed by atoms with E-state index in [-0.39, 0.29) is 23.8 Å². The van der Waals surface area contributed by atoms with Crippen molar-refractivity contribution in [1.29, 1.82) is 0 Å². The van der Waals surface area contributed by atoms with Gasteiger partial charge in [-0.05, 0) is 30.0 Å². The van der Waals surface area contributed by atoms with Crippen LogP contribution in [0.5, 0.6) is 0 Å². The van der Waals surface area contributed by atoms with Crippen LogP contribution in [0.4, 0.5) is 0 Å². The highest BCUT2D eigenvalue weighted by atomic mass is 32.2. The SMILES string of the molecule is CC(C)C(CO)NS(=O)(=O)c1ccc(CCC(=O)O)cc1. The van der Waals surface area contributed by atoms with E-state index in [9.17, 15) is 18.3 Å². The van der Waals surface area contributed by atoms with Crippen molar-refractivity contribution in [1.82, 2.24) is 4.72 Å². The molecule has 0 bridgehead atoms. The summed E-state index contributed by atoms with van der Waals surface area (Å²) in [6.45, 7) is 3.37. The molecule has 0 saturated heterocycles. The van der Waals surface area contributed by atoms with Crippen LogP contribution in [0.15, 0.2) is 29.2 Å². The van der Waals surface area contributed by atoms with Gasteiger partial charge in [-0.2, -0.15) is 0 Å². The second-order valence-corrected chi connectivity index (χ2v) is 6.91. The number of carboxylic acid groups (broad SMARTS) is 1. The van der Waals surface area contributed by atoms with Crippen LogP contribution in [0.1, 0.15) is 25.8 Å². The Bertz CT molecular complexity index is 566. The molecule has 0 radical (unpaired) electrons. The third-order valence-electron chi connectivity index (χ3n) is 3.17. The van der Waals surface area contributed by atoms with Crippen molar-refractivity contribution in [3.05, 3.63) is 29.8 Å². The fourth-order valence-electron chi connectivity index (χ4n) is 1.74. The second kappa shape index (κ2) is 7.53. The first kappa shape index (κ1) is 17.6. The maximum atomic E-state index is 12.2. The van der Waals surface area contributed by atoms with E-state index in [1.54, 1.807) is 12.1 Å².